The molecule has 1 aromatic heterocycles. The molecule has 1 aromatic carbocycles. The molecule has 2 rings (SSSR count). The van der Waals surface area contributed by atoms with Crippen molar-refractivity contribution < 1.29 is 9.53 Å². The number of thiophene rings is 1. The molecule has 2 aromatic rings. The Kier molecular flexibility index (Phi) is 10.5. The summed E-state index contributed by atoms with van der Waals surface area (Å²) in [6, 6.07) is 13.8. The van der Waals surface area contributed by atoms with Crippen LogP contribution in [-0.4, -0.2) is 31.2 Å². The molecule has 0 radical (unpaired) electrons. The summed E-state index contributed by atoms with van der Waals surface area (Å²) in [5.74, 6) is 0.674. The van der Waals surface area contributed by atoms with Gasteiger partial charge in [-0.15, -0.1) is 35.3 Å². The SMILES string of the molecule is CN=C(NCC(NC(=O)OC(C)(C)C)c1ccccc1)NC(C)c1cccs1.I. The second kappa shape index (κ2) is 12.0. The molecule has 1 amide bonds. The molecule has 160 valence electrons. The Morgan fingerprint density at radius 3 is 2.38 bits per heavy atom. The molecule has 0 fully saturated rings. The van der Waals surface area contributed by atoms with Crippen molar-refractivity contribution in [3.8, 4) is 0 Å². The first-order valence-electron chi connectivity index (χ1n) is 9.33. The number of ether oxygens (including phenoxy) is 1. The zero-order valence-electron chi connectivity index (χ0n) is 17.6. The quantitative estimate of drug-likeness (QED) is 0.284. The van der Waals surface area contributed by atoms with Crippen molar-refractivity contribution in [1.29, 1.82) is 0 Å². The summed E-state index contributed by atoms with van der Waals surface area (Å²) in [7, 11) is 1.73. The largest absolute Gasteiger partial charge is 0.444 e. The molecule has 0 saturated heterocycles. The predicted molar refractivity (Wildman–Crippen MR) is 131 cm³/mol. The van der Waals surface area contributed by atoms with Crippen LogP contribution < -0.4 is 16.0 Å². The molecule has 2 atom stereocenters. The van der Waals surface area contributed by atoms with E-state index in [1.807, 2.05) is 57.2 Å². The molecule has 0 aliphatic carbocycles. The van der Waals surface area contributed by atoms with Crippen LogP contribution in [0.15, 0.2) is 52.8 Å². The lowest BCUT2D eigenvalue weighted by Gasteiger charge is -2.25. The van der Waals surface area contributed by atoms with Gasteiger partial charge >= 0.3 is 6.09 Å². The van der Waals surface area contributed by atoms with Crippen LogP contribution in [-0.2, 0) is 4.74 Å². The van der Waals surface area contributed by atoms with Crippen molar-refractivity contribution in [3.63, 3.8) is 0 Å². The summed E-state index contributed by atoms with van der Waals surface area (Å²) in [6.07, 6.45) is -0.446. The number of guanidine groups is 1. The molecule has 0 aliphatic heterocycles. The van der Waals surface area contributed by atoms with Crippen LogP contribution in [0.3, 0.4) is 0 Å². The van der Waals surface area contributed by atoms with Gasteiger partial charge in [0.2, 0.25) is 0 Å². The second-order valence-corrected chi connectivity index (χ2v) is 8.42. The van der Waals surface area contributed by atoms with Gasteiger partial charge in [0.25, 0.3) is 0 Å². The molecule has 3 N–H and O–H groups in total. The second-order valence-electron chi connectivity index (χ2n) is 7.44. The highest BCUT2D eigenvalue weighted by atomic mass is 127. The van der Waals surface area contributed by atoms with E-state index in [0.717, 1.165) is 5.56 Å². The molecule has 1 heterocycles. The van der Waals surface area contributed by atoms with Gasteiger partial charge in [0.05, 0.1) is 12.1 Å². The number of hydrogen-bond acceptors (Lipinski definition) is 4. The average Bonchev–Trinajstić information content (AvgIpc) is 3.18. The van der Waals surface area contributed by atoms with Gasteiger partial charge in [0.15, 0.2) is 5.96 Å². The summed E-state index contributed by atoms with van der Waals surface area (Å²) in [5, 5.41) is 11.7. The summed E-state index contributed by atoms with van der Waals surface area (Å²) in [6.45, 7) is 8.10. The van der Waals surface area contributed by atoms with Gasteiger partial charge < -0.3 is 20.7 Å². The van der Waals surface area contributed by atoms with Crippen molar-refractivity contribution in [2.75, 3.05) is 13.6 Å². The van der Waals surface area contributed by atoms with Crippen molar-refractivity contribution in [1.82, 2.24) is 16.0 Å². The first-order valence-corrected chi connectivity index (χ1v) is 10.2. The van der Waals surface area contributed by atoms with E-state index in [1.165, 1.54) is 4.88 Å². The van der Waals surface area contributed by atoms with Crippen LogP contribution in [0, 0.1) is 0 Å². The fourth-order valence-corrected chi connectivity index (χ4v) is 3.33. The Balaban J connectivity index is 0.00000420. The summed E-state index contributed by atoms with van der Waals surface area (Å²) in [5.41, 5.74) is 0.439. The minimum atomic E-state index is -0.549. The first kappa shape index (κ1) is 25.2. The zero-order chi connectivity index (χ0) is 20.6. The standard InChI is InChI=1S/C21H30N4O2S.HI/c1-15(18-12-9-13-28-18)24-19(22-5)23-14-17(16-10-7-6-8-11-16)25-20(26)27-21(2,3)4;/h6-13,15,17H,14H2,1-5H3,(H,25,26)(H2,22,23,24);1H. The summed E-state index contributed by atoms with van der Waals surface area (Å²) < 4.78 is 5.41. The van der Waals surface area contributed by atoms with Crippen molar-refractivity contribution in [3.05, 3.63) is 58.3 Å². The smallest absolute Gasteiger partial charge is 0.408 e. The Bertz CT molecular complexity index is 761. The zero-order valence-corrected chi connectivity index (χ0v) is 20.7. The number of carbonyl (C=O) groups excluding carboxylic acids is 1. The highest BCUT2D eigenvalue weighted by Gasteiger charge is 2.21. The molecule has 6 nitrogen and oxygen atoms in total. The topological polar surface area (TPSA) is 74.8 Å². The van der Waals surface area contributed by atoms with Crippen LogP contribution in [0.2, 0.25) is 0 Å². The maximum absolute atomic E-state index is 12.3. The first-order chi connectivity index (χ1) is 13.3. The summed E-state index contributed by atoms with van der Waals surface area (Å²) >= 11 is 1.70. The number of hydrogen-bond donors (Lipinski definition) is 3. The normalized spacial score (nSPS) is 13.6. The number of alkyl carbamates (subject to hydrolysis) is 1. The Morgan fingerprint density at radius 2 is 1.83 bits per heavy atom. The number of benzene rings is 1. The molecule has 29 heavy (non-hydrogen) atoms. The maximum atomic E-state index is 12.3. The Morgan fingerprint density at radius 1 is 1.14 bits per heavy atom. The van der Waals surface area contributed by atoms with Crippen LogP contribution in [0.4, 0.5) is 4.79 Å². The van der Waals surface area contributed by atoms with Crippen molar-refractivity contribution >= 4 is 47.4 Å². The lowest BCUT2D eigenvalue weighted by atomic mass is 10.1. The monoisotopic (exact) mass is 530 g/mol. The number of aliphatic imine (C=N–C) groups is 1. The lowest BCUT2D eigenvalue weighted by molar-refractivity contribution is 0.0504. The van der Waals surface area contributed by atoms with Gasteiger partial charge in [-0.25, -0.2) is 4.79 Å². The van der Waals surface area contributed by atoms with Gasteiger partial charge in [0, 0.05) is 18.5 Å². The number of nitrogens with one attached hydrogen (secondary N) is 3. The van der Waals surface area contributed by atoms with E-state index < -0.39 is 11.7 Å². The van der Waals surface area contributed by atoms with Crippen LogP contribution in [0.25, 0.3) is 0 Å². The van der Waals surface area contributed by atoms with E-state index in [1.54, 1.807) is 18.4 Å². The van der Waals surface area contributed by atoms with E-state index in [4.69, 9.17) is 4.74 Å². The number of nitrogens with zero attached hydrogens (tertiary/aromatic N) is 1. The Labute approximate surface area is 194 Å². The van der Waals surface area contributed by atoms with Gasteiger partial charge in [-0.05, 0) is 44.7 Å². The number of carbonyl (C=O) groups is 1. The third-order valence-electron chi connectivity index (χ3n) is 3.91. The molecule has 0 saturated carbocycles. The number of amides is 1. The minimum absolute atomic E-state index is 0. The lowest BCUT2D eigenvalue weighted by Crippen LogP contribution is -2.44. The van der Waals surface area contributed by atoms with Gasteiger partial charge in [-0.3, -0.25) is 4.99 Å². The molecule has 2 unspecified atom stereocenters. The minimum Gasteiger partial charge on any atom is -0.444 e. The Hall–Kier alpha value is -1.81. The fraction of sp³-hybridized carbons (Fsp3) is 0.429. The van der Waals surface area contributed by atoms with E-state index >= 15 is 0 Å². The molecule has 0 bridgehead atoms. The van der Waals surface area contributed by atoms with Crippen molar-refractivity contribution in [2.24, 2.45) is 4.99 Å². The number of halogens is 1. The summed E-state index contributed by atoms with van der Waals surface area (Å²) in [4.78, 5) is 17.8. The molecular formula is C21H31IN4O2S. The van der Waals surface area contributed by atoms with E-state index in [2.05, 4.69) is 39.3 Å². The highest BCUT2D eigenvalue weighted by Crippen LogP contribution is 2.18. The van der Waals surface area contributed by atoms with Crippen LogP contribution in [0.5, 0.6) is 0 Å². The van der Waals surface area contributed by atoms with Gasteiger partial charge in [-0.2, -0.15) is 0 Å². The van der Waals surface area contributed by atoms with Crippen molar-refractivity contribution in [2.45, 2.75) is 45.4 Å². The van der Waals surface area contributed by atoms with Crippen LogP contribution >= 0.6 is 35.3 Å². The molecule has 0 spiro atoms. The predicted octanol–water partition coefficient (Wildman–Crippen LogP) is 4.86. The van der Waals surface area contributed by atoms with Crippen LogP contribution in [0.1, 0.15) is 50.2 Å². The van der Waals surface area contributed by atoms with E-state index in [0.29, 0.717) is 12.5 Å². The van der Waals surface area contributed by atoms with E-state index in [-0.39, 0.29) is 36.1 Å². The molecule has 0 aliphatic rings. The molecular weight excluding hydrogens is 499 g/mol. The van der Waals surface area contributed by atoms with Gasteiger partial charge in [0.1, 0.15) is 5.60 Å². The third-order valence-corrected chi connectivity index (χ3v) is 4.97. The fourth-order valence-electron chi connectivity index (χ4n) is 2.59. The highest BCUT2D eigenvalue weighted by molar-refractivity contribution is 14.0. The van der Waals surface area contributed by atoms with E-state index in [9.17, 15) is 4.79 Å². The third kappa shape index (κ3) is 9.03. The van der Waals surface area contributed by atoms with Gasteiger partial charge in [-0.1, -0.05) is 36.4 Å². The maximum Gasteiger partial charge on any atom is 0.408 e. The number of rotatable bonds is 6. The average molecular weight is 530 g/mol. The molecule has 8 heteroatoms.